The summed E-state index contributed by atoms with van der Waals surface area (Å²) in [5.74, 6) is -0.270. The van der Waals surface area contributed by atoms with E-state index in [0.717, 1.165) is 11.3 Å². The number of carbonyl (C=O) groups is 2. The maximum Gasteiger partial charge on any atom is 0.359 e. The van der Waals surface area contributed by atoms with Crippen LogP contribution in [0.5, 0.6) is 5.75 Å². The average molecular weight is 353 g/mol. The smallest absolute Gasteiger partial charge is 0.359 e. The van der Waals surface area contributed by atoms with E-state index in [1.165, 1.54) is 6.92 Å². The number of hydrogen-bond acceptors (Lipinski definition) is 5. The Morgan fingerprint density at radius 3 is 2.65 bits per heavy atom. The van der Waals surface area contributed by atoms with Crippen molar-refractivity contribution in [1.82, 2.24) is 14.7 Å². The first kappa shape index (κ1) is 17.5. The summed E-state index contributed by atoms with van der Waals surface area (Å²) in [4.78, 5) is 28.5. The summed E-state index contributed by atoms with van der Waals surface area (Å²) in [6, 6.07) is 12.8. The van der Waals surface area contributed by atoms with Crippen LogP contribution < -0.4 is 10.1 Å². The highest BCUT2D eigenvalue weighted by atomic mass is 16.5. The summed E-state index contributed by atoms with van der Waals surface area (Å²) in [7, 11) is 1.59. The van der Waals surface area contributed by atoms with Gasteiger partial charge in [0.2, 0.25) is 0 Å². The summed E-state index contributed by atoms with van der Waals surface area (Å²) < 4.78 is 12.0. The number of rotatable bonds is 6. The number of ether oxygens (including phenoxy) is 2. The van der Waals surface area contributed by atoms with Crippen LogP contribution in [0.3, 0.4) is 0 Å². The van der Waals surface area contributed by atoms with Crippen LogP contribution in [0.4, 0.5) is 0 Å². The molecule has 0 aliphatic heterocycles. The lowest BCUT2D eigenvalue weighted by Crippen LogP contribution is -2.35. The lowest BCUT2D eigenvalue weighted by molar-refractivity contribution is -0.129. The maximum absolute atomic E-state index is 12.2. The van der Waals surface area contributed by atoms with Crippen LogP contribution in [0.15, 0.2) is 54.9 Å². The fraction of sp³-hybridized carbons (Fsp3) is 0.211. The second-order valence-corrected chi connectivity index (χ2v) is 5.71. The van der Waals surface area contributed by atoms with E-state index in [0.29, 0.717) is 12.2 Å². The predicted octanol–water partition coefficient (Wildman–Crippen LogP) is 2.20. The van der Waals surface area contributed by atoms with Crippen LogP contribution in [0.2, 0.25) is 0 Å². The Kier molecular flexibility index (Phi) is 5.17. The number of methoxy groups -OCH3 is 1. The van der Waals surface area contributed by atoms with E-state index in [9.17, 15) is 9.59 Å². The van der Waals surface area contributed by atoms with Crippen molar-refractivity contribution in [3.8, 4) is 5.75 Å². The third kappa shape index (κ3) is 4.00. The van der Waals surface area contributed by atoms with Crippen molar-refractivity contribution in [3.63, 3.8) is 0 Å². The second kappa shape index (κ2) is 7.69. The molecule has 1 atom stereocenters. The normalized spacial score (nSPS) is 11.8. The Balaban J connectivity index is 1.55. The fourth-order valence-corrected chi connectivity index (χ4v) is 2.38. The highest BCUT2D eigenvalue weighted by Crippen LogP contribution is 2.11. The summed E-state index contributed by atoms with van der Waals surface area (Å²) in [6.07, 6.45) is 2.43. The number of esters is 1. The van der Waals surface area contributed by atoms with Gasteiger partial charge in [-0.05, 0) is 36.8 Å². The number of hydrogen-bond donors (Lipinski definition) is 1. The molecule has 1 aromatic carbocycles. The zero-order valence-corrected chi connectivity index (χ0v) is 14.5. The Bertz CT molecular complexity index is 885. The van der Waals surface area contributed by atoms with Crippen molar-refractivity contribution in [2.24, 2.45) is 0 Å². The van der Waals surface area contributed by atoms with E-state index in [-0.39, 0.29) is 11.6 Å². The van der Waals surface area contributed by atoms with Gasteiger partial charge < -0.3 is 19.2 Å². The average Bonchev–Trinajstić information content (AvgIpc) is 3.10. The SMILES string of the molecule is COc1ccc(CNC(=O)[C@@H](C)OC(=O)c2cn3ccccc3n2)cc1. The molecule has 0 aliphatic rings. The lowest BCUT2D eigenvalue weighted by Gasteiger charge is -2.13. The molecule has 7 nitrogen and oxygen atoms in total. The van der Waals surface area contributed by atoms with Gasteiger partial charge in [0.05, 0.1) is 7.11 Å². The molecule has 7 heteroatoms. The largest absolute Gasteiger partial charge is 0.497 e. The number of fused-ring (bicyclic) bond motifs is 1. The molecule has 1 N–H and O–H groups in total. The molecule has 0 aliphatic carbocycles. The van der Waals surface area contributed by atoms with Gasteiger partial charge in [0.25, 0.3) is 5.91 Å². The maximum atomic E-state index is 12.2. The molecule has 2 heterocycles. The standard InChI is InChI=1S/C19H19N3O4/c1-13(18(23)20-11-14-6-8-15(25-2)9-7-14)26-19(24)16-12-22-10-4-3-5-17(22)21-16/h3-10,12-13H,11H2,1-2H3,(H,20,23)/t13-/m1/s1. The van der Waals surface area contributed by atoms with Crippen molar-refractivity contribution in [2.45, 2.75) is 19.6 Å². The molecule has 0 radical (unpaired) electrons. The number of imidazole rings is 1. The molecular formula is C19H19N3O4. The first-order chi connectivity index (χ1) is 12.6. The zero-order chi connectivity index (χ0) is 18.5. The van der Waals surface area contributed by atoms with Gasteiger partial charge >= 0.3 is 5.97 Å². The minimum Gasteiger partial charge on any atom is -0.497 e. The third-order valence-electron chi connectivity index (χ3n) is 3.85. The first-order valence-corrected chi connectivity index (χ1v) is 8.12. The van der Waals surface area contributed by atoms with Crippen LogP contribution in [0.1, 0.15) is 23.0 Å². The van der Waals surface area contributed by atoms with Crippen molar-refractivity contribution in [1.29, 1.82) is 0 Å². The Hall–Kier alpha value is -3.35. The molecule has 0 bridgehead atoms. The molecule has 26 heavy (non-hydrogen) atoms. The van der Waals surface area contributed by atoms with Gasteiger partial charge in [-0.25, -0.2) is 9.78 Å². The molecule has 134 valence electrons. The zero-order valence-electron chi connectivity index (χ0n) is 14.5. The topological polar surface area (TPSA) is 81.9 Å². The van der Waals surface area contributed by atoms with E-state index in [1.54, 1.807) is 30.0 Å². The lowest BCUT2D eigenvalue weighted by atomic mass is 10.2. The Morgan fingerprint density at radius 2 is 1.96 bits per heavy atom. The van der Waals surface area contributed by atoms with Gasteiger partial charge in [-0.15, -0.1) is 0 Å². The summed E-state index contributed by atoms with van der Waals surface area (Å²) in [6.45, 7) is 1.86. The van der Waals surface area contributed by atoms with Gasteiger partial charge in [0.1, 0.15) is 11.4 Å². The molecule has 0 saturated heterocycles. The summed E-state index contributed by atoms with van der Waals surface area (Å²) in [5, 5.41) is 2.74. The molecule has 0 saturated carbocycles. The van der Waals surface area contributed by atoms with Gasteiger partial charge in [0, 0.05) is 18.9 Å². The number of benzene rings is 1. The van der Waals surface area contributed by atoms with Crippen LogP contribution >= 0.6 is 0 Å². The molecule has 0 unspecified atom stereocenters. The summed E-state index contributed by atoms with van der Waals surface area (Å²) in [5.41, 5.74) is 1.71. The molecular weight excluding hydrogens is 334 g/mol. The van der Waals surface area contributed by atoms with E-state index >= 15 is 0 Å². The number of pyridine rings is 1. The number of carbonyl (C=O) groups excluding carboxylic acids is 2. The molecule has 0 spiro atoms. The first-order valence-electron chi connectivity index (χ1n) is 8.12. The van der Waals surface area contributed by atoms with Crippen molar-refractivity contribution < 1.29 is 19.1 Å². The van der Waals surface area contributed by atoms with Gasteiger partial charge in [-0.2, -0.15) is 0 Å². The van der Waals surface area contributed by atoms with Crippen LogP contribution in [0, 0.1) is 0 Å². The van der Waals surface area contributed by atoms with E-state index in [2.05, 4.69) is 10.3 Å². The van der Waals surface area contributed by atoms with Crippen molar-refractivity contribution in [3.05, 3.63) is 66.1 Å². The number of aromatic nitrogens is 2. The van der Waals surface area contributed by atoms with E-state index in [4.69, 9.17) is 9.47 Å². The Morgan fingerprint density at radius 1 is 1.19 bits per heavy atom. The quantitative estimate of drug-likeness (QED) is 0.687. The van der Waals surface area contributed by atoms with Crippen LogP contribution in [-0.4, -0.2) is 34.5 Å². The van der Waals surface area contributed by atoms with Crippen LogP contribution in [-0.2, 0) is 16.1 Å². The number of nitrogens with zero attached hydrogens (tertiary/aromatic N) is 2. The van der Waals surface area contributed by atoms with Crippen molar-refractivity contribution >= 4 is 17.5 Å². The van der Waals surface area contributed by atoms with Crippen molar-refractivity contribution in [2.75, 3.05) is 7.11 Å². The molecule has 3 rings (SSSR count). The van der Waals surface area contributed by atoms with Gasteiger partial charge in [0.15, 0.2) is 11.8 Å². The highest BCUT2D eigenvalue weighted by Gasteiger charge is 2.20. The number of amides is 1. The van der Waals surface area contributed by atoms with E-state index < -0.39 is 12.1 Å². The minimum atomic E-state index is -0.925. The molecule has 2 aromatic heterocycles. The monoisotopic (exact) mass is 353 g/mol. The molecule has 3 aromatic rings. The van der Waals surface area contributed by atoms with Gasteiger partial charge in [-0.1, -0.05) is 18.2 Å². The summed E-state index contributed by atoms with van der Waals surface area (Å²) >= 11 is 0. The van der Waals surface area contributed by atoms with Gasteiger partial charge in [-0.3, -0.25) is 4.79 Å². The van der Waals surface area contributed by atoms with Crippen LogP contribution in [0.25, 0.3) is 5.65 Å². The molecule has 1 amide bonds. The third-order valence-corrected chi connectivity index (χ3v) is 3.85. The highest BCUT2D eigenvalue weighted by molar-refractivity contribution is 5.91. The minimum absolute atomic E-state index is 0.158. The van der Waals surface area contributed by atoms with E-state index in [1.807, 2.05) is 36.4 Å². The Labute approximate surface area is 150 Å². The predicted molar refractivity (Wildman–Crippen MR) is 94.9 cm³/mol. The fourth-order valence-electron chi connectivity index (χ4n) is 2.38. The molecule has 0 fully saturated rings. The number of nitrogens with one attached hydrogen (secondary N) is 1. The second-order valence-electron chi connectivity index (χ2n) is 5.71.